The summed E-state index contributed by atoms with van der Waals surface area (Å²) in [6.07, 6.45) is 2.21. The Morgan fingerprint density at radius 3 is 1.95 bits per heavy atom. The van der Waals surface area contributed by atoms with Crippen molar-refractivity contribution in [1.29, 1.82) is 0 Å². The van der Waals surface area contributed by atoms with Crippen molar-refractivity contribution in [1.82, 2.24) is 0 Å². The maximum atomic E-state index is 11.1. The zero-order valence-electron chi connectivity index (χ0n) is 12.7. The molecule has 0 aliphatic rings. The van der Waals surface area contributed by atoms with Gasteiger partial charge < -0.3 is 23.7 Å². The van der Waals surface area contributed by atoms with Crippen LogP contribution in [0.15, 0.2) is 0 Å². The molecule has 0 spiro atoms. The average Bonchev–Trinajstić information content (AvgIpc) is 2.45. The largest absolute Gasteiger partial charge is 0.508 e. The zero-order valence-corrected chi connectivity index (χ0v) is 12.7. The molecule has 0 fully saturated rings. The summed E-state index contributed by atoms with van der Waals surface area (Å²) in [5.74, 6) is 0. The molecule has 6 nitrogen and oxygen atoms in total. The van der Waals surface area contributed by atoms with Gasteiger partial charge in [0.25, 0.3) is 0 Å². The van der Waals surface area contributed by atoms with E-state index in [-0.39, 0.29) is 6.61 Å². The molecule has 6 heteroatoms. The molecule has 0 heterocycles. The van der Waals surface area contributed by atoms with Gasteiger partial charge in [0, 0.05) is 26.2 Å². The normalized spacial score (nSPS) is 10.5. The van der Waals surface area contributed by atoms with Gasteiger partial charge in [-0.3, -0.25) is 0 Å². The second kappa shape index (κ2) is 16.2. The van der Waals surface area contributed by atoms with Crippen LogP contribution in [-0.2, 0) is 23.7 Å². The Balaban J connectivity index is 3.09. The van der Waals surface area contributed by atoms with E-state index in [9.17, 15) is 4.79 Å². The topological polar surface area (TPSA) is 63.2 Å². The van der Waals surface area contributed by atoms with Crippen molar-refractivity contribution >= 4 is 6.16 Å². The summed E-state index contributed by atoms with van der Waals surface area (Å²) in [5, 5.41) is 0. The Bertz CT molecular complexity index is 210. The highest BCUT2D eigenvalue weighted by Crippen LogP contribution is 1.91. The second-order valence-corrected chi connectivity index (χ2v) is 4.08. The van der Waals surface area contributed by atoms with Gasteiger partial charge in [0.1, 0.15) is 6.61 Å². The molecule has 120 valence electrons. The number of carbonyl (C=O) groups excluding carboxylic acids is 1. The fraction of sp³-hybridized carbons (Fsp3) is 0.929. The van der Waals surface area contributed by atoms with Crippen LogP contribution in [0.25, 0.3) is 0 Å². The number of hydrogen-bond acceptors (Lipinski definition) is 6. The minimum atomic E-state index is -0.660. The summed E-state index contributed by atoms with van der Waals surface area (Å²) in [6.45, 7) is 8.05. The number of hydrogen-bond donors (Lipinski definition) is 0. The van der Waals surface area contributed by atoms with E-state index in [2.05, 4.69) is 6.92 Å². The van der Waals surface area contributed by atoms with Crippen LogP contribution in [0, 0.1) is 0 Å². The maximum Gasteiger partial charge on any atom is 0.508 e. The van der Waals surface area contributed by atoms with Crippen LogP contribution in [0.1, 0.15) is 33.1 Å². The summed E-state index contributed by atoms with van der Waals surface area (Å²) in [4.78, 5) is 11.1. The molecule has 0 aliphatic carbocycles. The molecule has 0 amide bonds. The lowest BCUT2D eigenvalue weighted by Gasteiger charge is -2.07. The van der Waals surface area contributed by atoms with E-state index in [1.54, 1.807) is 0 Å². The third-order valence-electron chi connectivity index (χ3n) is 2.32. The molecule has 0 rings (SSSR count). The SMILES string of the molecule is CCCCOCCOCCCOC(=O)OCCOCC. The molecule has 0 bridgehead atoms. The third kappa shape index (κ3) is 15.2. The first-order valence-electron chi connectivity index (χ1n) is 7.34. The molecule has 0 N–H and O–H groups in total. The third-order valence-corrected chi connectivity index (χ3v) is 2.32. The monoisotopic (exact) mass is 292 g/mol. The summed E-state index contributed by atoms with van der Waals surface area (Å²) in [6, 6.07) is 0. The molecular formula is C14H28O6. The van der Waals surface area contributed by atoms with Crippen molar-refractivity contribution in [2.75, 3.05) is 52.9 Å². The summed E-state index contributed by atoms with van der Waals surface area (Å²) in [5.41, 5.74) is 0. The van der Waals surface area contributed by atoms with Crippen molar-refractivity contribution in [2.45, 2.75) is 33.1 Å². The van der Waals surface area contributed by atoms with Gasteiger partial charge in [-0.05, 0) is 13.3 Å². The predicted molar refractivity (Wildman–Crippen MR) is 75.0 cm³/mol. The summed E-state index contributed by atoms with van der Waals surface area (Å²) < 4.78 is 25.3. The van der Waals surface area contributed by atoms with E-state index in [0.29, 0.717) is 46.1 Å². The van der Waals surface area contributed by atoms with Crippen LogP contribution in [0.4, 0.5) is 4.79 Å². The molecule has 0 aromatic heterocycles. The standard InChI is InChI=1S/C14H28O6/c1-3-5-7-17-10-11-18-8-6-9-19-14(15)20-13-12-16-4-2/h3-13H2,1-2H3. The minimum Gasteiger partial charge on any atom is -0.434 e. The molecule has 0 saturated carbocycles. The van der Waals surface area contributed by atoms with Gasteiger partial charge >= 0.3 is 6.16 Å². The van der Waals surface area contributed by atoms with Gasteiger partial charge in [0.05, 0.1) is 26.4 Å². The lowest BCUT2D eigenvalue weighted by atomic mass is 10.4. The van der Waals surface area contributed by atoms with Crippen molar-refractivity contribution in [3.05, 3.63) is 0 Å². The Morgan fingerprint density at radius 1 is 0.700 bits per heavy atom. The van der Waals surface area contributed by atoms with Gasteiger partial charge in [-0.25, -0.2) is 4.79 Å². The Labute approximate surface area is 121 Å². The number of carbonyl (C=O) groups is 1. The molecule has 0 aromatic rings. The molecular weight excluding hydrogens is 264 g/mol. The van der Waals surface area contributed by atoms with Gasteiger partial charge in [-0.2, -0.15) is 0 Å². The molecule has 0 saturated heterocycles. The van der Waals surface area contributed by atoms with E-state index in [4.69, 9.17) is 23.7 Å². The Hall–Kier alpha value is -0.850. The van der Waals surface area contributed by atoms with E-state index in [1.807, 2.05) is 6.92 Å². The van der Waals surface area contributed by atoms with E-state index in [1.165, 1.54) is 0 Å². The Morgan fingerprint density at radius 2 is 1.30 bits per heavy atom. The van der Waals surface area contributed by atoms with Crippen LogP contribution < -0.4 is 0 Å². The van der Waals surface area contributed by atoms with Crippen LogP contribution in [-0.4, -0.2) is 59.0 Å². The average molecular weight is 292 g/mol. The van der Waals surface area contributed by atoms with Gasteiger partial charge in [-0.15, -0.1) is 0 Å². The van der Waals surface area contributed by atoms with E-state index < -0.39 is 6.16 Å². The molecule has 0 radical (unpaired) electrons. The number of ether oxygens (including phenoxy) is 5. The van der Waals surface area contributed by atoms with Crippen LogP contribution in [0.2, 0.25) is 0 Å². The molecule has 20 heavy (non-hydrogen) atoms. The lowest BCUT2D eigenvalue weighted by Crippen LogP contribution is -2.14. The highest BCUT2D eigenvalue weighted by molar-refractivity contribution is 5.59. The highest BCUT2D eigenvalue weighted by Gasteiger charge is 2.02. The van der Waals surface area contributed by atoms with E-state index in [0.717, 1.165) is 19.4 Å². The lowest BCUT2D eigenvalue weighted by molar-refractivity contribution is 0.0177. The van der Waals surface area contributed by atoms with Gasteiger partial charge in [0.2, 0.25) is 0 Å². The van der Waals surface area contributed by atoms with Crippen LogP contribution in [0.3, 0.4) is 0 Å². The molecule has 0 unspecified atom stereocenters. The van der Waals surface area contributed by atoms with Crippen LogP contribution >= 0.6 is 0 Å². The summed E-state index contributed by atoms with van der Waals surface area (Å²) >= 11 is 0. The van der Waals surface area contributed by atoms with Crippen molar-refractivity contribution in [3.63, 3.8) is 0 Å². The maximum absolute atomic E-state index is 11.1. The minimum absolute atomic E-state index is 0.221. The quantitative estimate of drug-likeness (QED) is 0.362. The first kappa shape index (κ1) is 19.1. The highest BCUT2D eigenvalue weighted by atomic mass is 16.7. The van der Waals surface area contributed by atoms with Crippen molar-refractivity contribution in [2.24, 2.45) is 0 Å². The van der Waals surface area contributed by atoms with E-state index >= 15 is 0 Å². The number of rotatable bonds is 14. The molecule has 0 atom stereocenters. The summed E-state index contributed by atoms with van der Waals surface area (Å²) in [7, 11) is 0. The number of unbranched alkanes of at least 4 members (excludes halogenated alkanes) is 1. The van der Waals surface area contributed by atoms with Gasteiger partial charge in [-0.1, -0.05) is 13.3 Å². The first-order chi connectivity index (χ1) is 9.81. The predicted octanol–water partition coefficient (Wildman–Crippen LogP) is 2.40. The zero-order chi connectivity index (χ0) is 14.9. The fourth-order valence-electron chi connectivity index (χ4n) is 1.25. The fourth-order valence-corrected chi connectivity index (χ4v) is 1.25. The van der Waals surface area contributed by atoms with Gasteiger partial charge in [0.15, 0.2) is 0 Å². The Kier molecular flexibility index (Phi) is 15.5. The second-order valence-electron chi connectivity index (χ2n) is 4.08. The van der Waals surface area contributed by atoms with Crippen LogP contribution in [0.5, 0.6) is 0 Å². The smallest absolute Gasteiger partial charge is 0.434 e. The molecule has 0 aliphatic heterocycles. The van der Waals surface area contributed by atoms with Crippen molar-refractivity contribution < 1.29 is 28.5 Å². The molecule has 0 aromatic carbocycles. The first-order valence-corrected chi connectivity index (χ1v) is 7.34. The van der Waals surface area contributed by atoms with Crippen molar-refractivity contribution in [3.8, 4) is 0 Å².